The van der Waals surface area contributed by atoms with Crippen molar-refractivity contribution in [2.24, 2.45) is 0 Å². The molecule has 0 heterocycles. The molecule has 0 unspecified atom stereocenters. The number of halogens is 2. The molecule has 2 amide bonds. The Kier molecular flexibility index (Phi) is 15.6. The predicted octanol–water partition coefficient (Wildman–Crippen LogP) is -4.58. The van der Waals surface area contributed by atoms with Gasteiger partial charge in [-0.3, -0.25) is 0 Å². The normalized spacial score (nSPS) is 8.24. The molecule has 0 aliphatic heterocycles. The fourth-order valence-electron chi connectivity index (χ4n) is 1.10. The van der Waals surface area contributed by atoms with Gasteiger partial charge in [0.1, 0.15) is 0 Å². The average molecular weight is 417 g/mol. The van der Waals surface area contributed by atoms with Crippen LogP contribution in [0.2, 0.25) is 0 Å². The predicted molar refractivity (Wildman–Crippen MR) is 55.4 cm³/mol. The number of carbonyl (C=O) groups excluding carboxylic acids is 2. The minimum atomic E-state index is -1.43. The van der Waals surface area contributed by atoms with Gasteiger partial charge in [-0.2, -0.15) is 0 Å². The standard InChI is InChI=1S/2C5H11NO.2FH.Hf/c2*1-3-4-5(7)6-2;;;/h2*3-4H2,1-2H3,(H,6,7);2*1H;/q;;;;+4/p-4. The first-order valence-electron chi connectivity index (χ1n) is 5.32. The van der Waals surface area contributed by atoms with Crippen LogP contribution in [-0.4, -0.2) is 31.7 Å². The molecule has 0 rings (SSSR count). The van der Waals surface area contributed by atoms with E-state index in [1.54, 1.807) is 5.78 Å². The number of rotatable bonds is 6. The van der Waals surface area contributed by atoms with Gasteiger partial charge in [0.2, 0.25) is 0 Å². The summed E-state index contributed by atoms with van der Waals surface area (Å²) in [6.45, 7) is 3.98. The van der Waals surface area contributed by atoms with E-state index >= 15 is 0 Å². The smallest absolute Gasteiger partial charge is 1.00 e. The Morgan fingerprint density at radius 1 is 0.882 bits per heavy atom. The molecule has 0 saturated carbocycles. The second-order valence-electron chi connectivity index (χ2n) is 3.51. The summed E-state index contributed by atoms with van der Waals surface area (Å²) in [5, 5.41) is 0. The maximum absolute atomic E-state index is 11.5. The summed E-state index contributed by atoms with van der Waals surface area (Å²) in [4.78, 5) is 23.0. The van der Waals surface area contributed by atoms with Gasteiger partial charge >= 0.3 is 104 Å². The number of carbonyl (C=O) groups is 2. The van der Waals surface area contributed by atoms with Crippen molar-refractivity contribution in [3.8, 4) is 0 Å². The summed E-state index contributed by atoms with van der Waals surface area (Å²) in [6, 6.07) is 0. The van der Waals surface area contributed by atoms with Crippen molar-refractivity contribution < 1.29 is 42.5 Å². The minimum Gasteiger partial charge on any atom is -1.00 e. The van der Waals surface area contributed by atoms with Crippen LogP contribution in [0.4, 0.5) is 0 Å². The van der Waals surface area contributed by atoms with Gasteiger partial charge in [0.05, 0.1) is 0 Å². The molecule has 0 aromatic carbocycles. The molecule has 0 saturated heterocycles. The van der Waals surface area contributed by atoms with Crippen LogP contribution in [0.5, 0.6) is 0 Å². The third kappa shape index (κ3) is 9.38. The maximum atomic E-state index is 11.5. The Balaban J connectivity index is -0.000000980. The third-order valence-corrected chi connectivity index (χ3v) is 5.92. The molecule has 0 fully saturated rings. The van der Waals surface area contributed by atoms with Crippen molar-refractivity contribution >= 4 is 11.8 Å². The van der Waals surface area contributed by atoms with Gasteiger partial charge in [0, 0.05) is 0 Å². The first-order valence-corrected chi connectivity index (χ1v) is 8.53. The zero-order valence-electron chi connectivity index (χ0n) is 10.8. The van der Waals surface area contributed by atoms with Gasteiger partial charge in [0.25, 0.3) is 0 Å². The summed E-state index contributed by atoms with van der Waals surface area (Å²) in [5.74, 6) is 0.356. The van der Waals surface area contributed by atoms with Crippen molar-refractivity contribution in [2.75, 3.05) is 14.1 Å². The monoisotopic (exact) mass is 418 g/mol. The Labute approximate surface area is 114 Å². The molecule has 0 spiro atoms. The molecule has 0 radical (unpaired) electrons. The minimum absolute atomic E-state index is 0. The summed E-state index contributed by atoms with van der Waals surface area (Å²) in [6.07, 6.45) is 2.94. The van der Waals surface area contributed by atoms with E-state index in [0.29, 0.717) is 12.8 Å². The van der Waals surface area contributed by atoms with Crippen molar-refractivity contribution in [3.05, 3.63) is 0 Å². The van der Waals surface area contributed by atoms with Crippen LogP contribution in [0.15, 0.2) is 0 Å². The Bertz CT molecular complexity index is 208. The van der Waals surface area contributed by atoms with E-state index in [4.69, 9.17) is 0 Å². The van der Waals surface area contributed by atoms with Gasteiger partial charge in [-0.1, -0.05) is 0 Å². The summed E-state index contributed by atoms with van der Waals surface area (Å²) in [7, 11) is 3.63. The molecule has 17 heavy (non-hydrogen) atoms. The molecular weight excluding hydrogens is 397 g/mol. The zero-order chi connectivity index (χ0) is 11.8. The van der Waals surface area contributed by atoms with Crippen LogP contribution >= 0.6 is 0 Å². The second-order valence-corrected chi connectivity index (χ2v) is 9.04. The van der Waals surface area contributed by atoms with E-state index in [1.165, 1.54) is 0 Å². The van der Waals surface area contributed by atoms with E-state index in [9.17, 15) is 9.59 Å². The molecule has 0 aromatic heterocycles. The molecule has 0 atom stereocenters. The molecule has 0 N–H and O–H groups in total. The second kappa shape index (κ2) is 12.1. The van der Waals surface area contributed by atoms with E-state index in [-0.39, 0.29) is 21.2 Å². The average Bonchev–Trinajstić information content (AvgIpc) is 2.18. The van der Waals surface area contributed by atoms with Gasteiger partial charge in [0.15, 0.2) is 0 Å². The Morgan fingerprint density at radius 3 is 1.41 bits per heavy atom. The number of amides is 2. The van der Waals surface area contributed by atoms with E-state index in [1.807, 2.05) is 27.9 Å². The molecule has 0 aromatic rings. The fraction of sp³-hybridized carbons (Fsp3) is 0.800. The first kappa shape index (κ1) is 21.9. The van der Waals surface area contributed by atoms with Crippen LogP contribution in [0.3, 0.4) is 0 Å². The van der Waals surface area contributed by atoms with Gasteiger partial charge in [-0.25, -0.2) is 0 Å². The molecular formula is C10H20F2HfN2O2. The van der Waals surface area contributed by atoms with Crippen LogP contribution < -0.4 is 9.41 Å². The fourth-order valence-corrected chi connectivity index (χ4v) is 4.32. The topological polar surface area (TPSA) is 40.6 Å². The third-order valence-electron chi connectivity index (χ3n) is 1.98. The van der Waals surface area contributed by atoms with Crippen LogP contribution in [0, 0.1) is 0 Å². The number of nitrogens with zero attached hydrogens (tertiary/aromatic N) is 2. The molecule has 0 bridgehead atoms. The zero-order valence-corrected chi connectivity index (χ0v) is 14.4. The Morgan fingerprint density at radius 2 is 1.18 bits per heavy atom. The van der Waals surface area contributed by atoms with Crippen molar-refractivity contribution in [1.29, 1.82) is 0 Å². The van der Waals surface area contributed by atoms with E-state index in [0.717, 1.165) is 12.8 Å². The van der Waals surface area contributed by atoms with Crippen molar-refractivity contribution in [2.45, 2.75) is 39.5 Å². The SMILES string of the molecule is CCCC(=O)[N](C)[Hf+2][N](C)C(=O)CCC.[F-].[F-]. The number of hydrogen-bond acceptors (Lipinski definition) is 2. The molecule has 0 aliphatic rings. The summed E-state index contributed by atoms with van der Waals surface area (Å²) in [5.41, 5.74) is 0. The van der Waals surface area contributed by atoms with Crippen molar-refractivity contribution in [3.63, 3.8) is 0 Å². The van der Waals surface area contributed by atoms with Crippen molar-refractivity contribution in [1.82, 2.24) is 5.78 Å². The molecule has 4 nitrogen and oxygen atoms in total. The summed E-state index contributed by atoms with van der Waals surface area (Å²) >= 11 is -1.43. The molecule has 100 valence electrons. The van der Waals surface area contributed by atoms with E-state index in [2.05, 4.69) is 0 Å². The quantitative estimate of drug-likeness (QED) is 0.409. The van der Waals surface area contributed by atoms with E-state index < -0.39 is 23.5 Å². The maximum Gasteiger partial charge on any atom is -1.00 e. The van der Waals surface area contributed by atoms with Crippen LogP contribution in [0.1, 0.15) is 39.5 Å². The Hall–Kier alpha value is -0.330. The van der Waals surface area contributed by atoms with Gasteiger partial charge in [-0.05, 0) is 0 Å². The molecule has 0 aliphatic carbocycles. The van der Waals surface area contributed by atoms with Gasteiger partial charge < -0.3 is 9.41 Å². The van der Waals surface area contributed by atoms with Crippen LogP contribution in [-0.2, 0) is 33.1 Å². The van der Waals surface area contributed by atoms with Gasteiger partial charge in [-0.15, -0.1) is 0 Å². The number of hydrogen-bond donors (Lipinski definition) is 0. The molecule has 7 heteroatoms. The van der Waals surface area contributed by atoms with Crippen LogP contribution in [0.25, 0.3) is 0 Å². The summed E-state index contributed by atoms with van der Waals surface area (Å²) < 4.78 is 3.58. The largest absolute Gasteiger partial charge is 1.00 e. The first-order chi connectivity index (χ1) is 7.02.